The number of aryl methyl sites for hydroxylation is 3. The number of hydrogen-bond acceptors (Lipinski definition) is 4. The quantitative estimate of drug-likeness (QED) is 0.0711. The van der Waals surface area contributed by atoms with E-state index in [1.807, 2.05) is 0 Å². The number of benzene rings is 19. The van der Waals surface area contributed by atoms with Crippen molar-refractivity contribution >= 4 is 68.2 Å². The second-order valence-corrected chi connectivity index (χ2v) is 30.8. The average Bonchev–Trinajstić information content (AvgIpc) is 0.735. The summed E-state index contributed by atoms with van der Waals surface area (Å²) < 4.78 is 0. The summed E-state index contributed by atoms with van der Waals surface area (Å²) in [6.45, 7) is 6.44. The Balaban J connectivity index is 0.000000168. The van der Waals surface area contributed by atoms with Crippen molar-refractivity contribution in [2.45, 2.75) is 20.8 Å². The van der Waals surface area contributed by atoms with Crippen LogP contribution in [0.5, 0.6) is 0 Å². The third-order valence-electron chi connectivity index (χ3n) is 22.4. The predicted octanol–water partition coefficient (Wildman–Crippen LogP) is 33.2. The lowest BCUT2D eigenvalue weighted by Crippen LogP contribution is -2.10. The third-order valence-corrected chi connectivity index (χ3v) is 22.4. The van der Waals surface area contributed by atoms with Gasteiger partial charge in [-0.2, -0.15) is 0 Å². The summed E-state index contributed by atoms with van der Waals surface area (Å²) >= 11 is 0. The summed E-state index contributed by atoms with van der Waals surface area (Å²) in [5, 5.41) is 0. The SMILES string of the molecule is Cc1cccc(N(c2ccccc2)c2ccc(-c3cc(-c4ccc(N(c5ccccc5)c5cccc(C)c5)cc4)cc(-c4ccc(N(c5ccccc5)c5cccc(C)c5)cc4)c3)cc2)c1.c1ccc(-c2cccc(-c3ccc(N(c4ccc(-c5cccc(-c6ccccc6)c5)cc4)c4ccc(-c5cccc(-c6ccccc6)c5)cc4)cc3)c2)cc1. The molecule has 0 aliphatic carbocycles. The van der Waals surface area contributed by atoms with Crippen molar-refractivity contribution in [3.05, 3.63) is 508 Å². The van der Waals surface area contributed by atoms with Crippen LogP contribution < -0.4 is 19.6 Å². The molecule has 0 heterocycles. The van der Waals surface area contributed by atoms with Gasteiger partial charge in [0.2, 0.25) is 0 Å². The third kappa shape index (κ3) is 17.7. The maximum atomic E-state index is 2.35. The Morgan fingerprint density at radius 1 is 0.0992 bits per heavy atom. The van der Waals surface area contributed by atoms with Gasteiger partial charge in [-0.25, -0.2) is 0 Å². The smallest absolute Gasteiger partial charge is 0.0464 e. The molecule has 0 atom stereocenters. The van der Waals surface area contributed by atoms with Crippen molar-refractivity contribution in [1.82, 2.24) is 0 Å². The van der Waals surface area contributed by atoms with E-state index in [9.17, 15) is 0 Å². The molecule has 0 fully saturated rings. The van der Waals surface area contributed by atoms with E-state index in [0.29, 0.717) is 0 Å². The van der Waals surface area contributed by atoms with E-state index in [1.165, 1.54) is 83.5 Å². The molecule has 0 aromatic heterocycles. The van der Waals surface area contributed by atoms with Gasteiger partial charge in [-0.05, 0) is 320 Å². The van der Waals surface area contributed by atoms with Crippen LogP contribution in [0.3, 0.4) is 0 Å². The van der Waals surface area contributed by atoms with Gasteiger partial charge in [-0.1, -0.05) is 309 Å². The summed E-state index contributed by atoms with van der Waals surface area (Å²) in [6.07, 6.45) is 0. The van der Waals surface area contributed by atoms with Crippen molar-refractivity contribution in [1.29, 1.82) is 0 Å². The predicted molar refractivity (Wildman–Crippen MR) is 515 cm³/mol. The van der Waals surface area contributed by atoms with Crippen LogP contribution >= 0.6 is 0 Å². The zero-order chi connectivity index (χ0) is 81.6. The fraction of sp³-hybridized carbons (Fsp3) is 0.0256. The Morgan fingerprint density at radius 3 is 0.446 bits per heavy atom. The highest BCUT2D eigenvalue weighted by atomic mass is 15.2. The van der Waals surface area contributed by atoms with E-state index in [2.05, 4.69) is 532 Å². The summed E-state index contributed by atoms with van der Waals surface area (Å²) in [4.78, 5) is 9.32. The number of hydrogen-bond donors (Lipinski definition) is 0. The first-order valence-corrected chi connectivity index (χ1v) is 41.5. The Kier molecular flexibility index (Phi) is 22.7. The molecule has 0 spiro atoms. The van der Waals surface area contributed by atoms with Crippen LogP contribution in [-0.4, -0.2) is 0 Å². The molecule has 0 radical (unpaired) electrons. The highest BCUT2D eigenvalue weighted by Gasteiger charge is 2.20. The maximum absolute atomic E-state index is 2.35. The van der Waals surface area contributed by atoms with Crippen molar-refractivity contribution in [3.8, 4) is 100 Å². The number of rotatable bonds is 21. The topological polar surface area (TPSA) is 13.0 Å². The number of anilines is 12. The van der Waals surface area contributed by atoms with E-state index < -0.39 is 0 Å². The van der Waals surface area contributed by atoms with Gasteiger partial charge in [-0.15, -0.1) is 0 Å². The Bertz CT molecular complexity index is 6000. The first-order valence-electron chi connectivity index (χ1n) is 41.5. The molecular formula is C117H90N4. The molecule has 4 heteroatoms. The monoisotopic (exact) mass is 1550 g/mol. The molecule has 19 aromatic carbocycles. The second kappa shape index (κ2) is 35.9. The minimum absolute atomic E-state index is 1.10. The lowest BCUT2D eigenvalue weighted by Gasteiger charge is -2.26. The average molecular weight is 1550 g/mol. The van der Waals surface area contributed by atoms with Gasteiger partial charge in [0, 0.05) is 68.2 Å². The molecule has 0 unspecified atom stereocenters. The van der Waals surface area contributed by atoms with Gasteiger partial charge >= 0.3 is 0 Å². The van der Waals surface area contributed by atoms with Gasteiger partial charge in [0.25, 0.3) is 0 Å². The normalized spacial score (nSPS) is 10.9. The molecule has 0 saturated carbocycles. The highest BCUT2D eigenvalue weighted by Crippen LogP contribution is 2.45. The van der Waals surface area contributed by atoms with Crippen LogP contribution in [0.2, 0.25) is 0 Å². The van der Waals surface area contributed by atoms with Crippen LogP contribution in [0.15, 0.2) is 491 Å². The molecule has 578 valence electrons. The standard InChI is InChI=1S/C63H51N3.C54H39N/c1-46-16-13-25-61(40-46)64(55-19-7-4-8-20-55)58-34-28-49(29-35-58)52-43-53(50-30-36-59(37-31-50)65(56-21-9-5-10-22-56)62-26-14-17-47(2)41-62)45-54(44-52)51-32-38-60(39-33-51)66(57-23-11-6-12-24-57)63-27-15-18-48(3)42-63;1-4-13-40(14-5-1)46-19-10-22-49(37-46)43-25-31-52(32-26-43)55(53-33-27-44(28-34-53)50-23-11-20-47(38-50)41-15-6-2-7-16-41)54-35-29-45(30-36-54)51-24-12-21-48(39-51)42-17-8-3-9-18-42/h4-45H,1-3H3;1-39H. The van der Waals surface area contributed by atoms with Gasteiger partial charge in [0.15, 0.2) is 0 Å². The largest absolute Gasteiger partial charge is 0.311 e. The molecule has 0 amide bonds. The van der Waals surface area contributed by atoms with Crippen LogP contribution in [-0.2, 0) is 0 Å². The van der Waals surface area contributed by atoms with Crippen LogP contribution in [0.1, 0.15) is 16.7 Å². The van der Waals surface area contributed by atoms with E-state index in [4.69, 9.17) is 0 Å². The second-order valence-electron chi connectivity index (χ2n) is 30.8. The minimum Gasteiger partial charge on any atom is -0.311 e. The van der Waals surface area contributed by atoms with Crippen molar-refractivity contribution < 1.29 is 0 Å². The van der Waals surface area contributed by atoms with Crippen molar-refractivity contribution in [2.24, 2.45) is 0 Å². The molecule has 0 N–H and O–H groups in total. The van der Waals surface area contributed by atoms with Crippen molar-refractivity contribution in [3.63, 3.8) is 0 Å². The van der Waals surface area contributed by atoms with Gasteiger partial charge in [0.1, 0.15) is 0 Å². The summed E-state index contributed by atoms with van der Waals surface area (Å²) in [5.74, 6) is 0. The summed E-state index contributed by atoms with van der Waals surface area (Å²) in [5.41, 5.74) is 38.4. The van der Waals surface area contributed by atoms with Crippen molar-refractivity contribution in [2.75, 3.05) is 19.6 Å². The Labute approximate surface area is 712 Å². The van der Waals surface area contributed by atoms with E-state index in [1.54, 1.807) is 0 Å². The van der Waals surface area contributed by atoms with Gasteiger partial charge in [-0.3, -0.25) is 0 Å². The molecule has 0 aliphatic rings. The molecule has 19 aromatic rings. The fourth-order valence-electron chi connectivity index (χ4n) is 16.3. The number of para-hydroxylation sites is 3. The first-order chi connectivity index (χ1) is 59.7. The molecular weight excluding hydrogens is 1460 g/mol. The maximum Gasteiger partial charge on any atom is 0.0464 e. The van der Waals surface area contributed by atoms with Gasteiger partial charge in [0.05, 0.1) is 0 Å². The molecule has 19 rings (SSSR count). The zero-order valence-corrected chi connectivity index (χ0v) is 68.1. The Hall–Kier alpha value is -15.6. The van der Waals surface area contributed by atoms with Crippen LogP contribution in [0.4, 0.5) is 68.2 Å². The first kappa shape index (κ1) is 76.7. The minimum atomic E-state index is 1.10. The lowest BCUT2D eigenvalue weighted by molar-refractivity contribution is 1.27. The molecule has 4 nitrogen and oxygen atoms in total. The Morgan fingerprint density at radius 2 is 0.240 bits per heavy atom. The lowest BCUT2D eigenvalue weighted by atomic mass is 9.93. The molecule has 0 saturated heterocycles. The fourth-order valence-corrected chi connectivity index (χ4v) is 16.3. The zero-order valence-electron chi connectivity index (χ0n) is 68.1. The molecule has 0 bridgehead atoms. The van der Waals surface area contributed by atoms with E-state index in [0.717, 1.165) is 102 Å². The van der Waals surface area contributed by atoms with Gasteiger partial charge < -0.3 is 19.6 Å². The number of nitrogens with zero attached hydrogens (tertiary/aromatic N) is 4. The summed E-state index contributed by atoms with van der Waals surface area (Å²) in [7, 11) is 0. The van der Waals surface area contributed by atoms with E-state index >= 15 is 0 Å². The highest BCUT2D eigenvalue weighted by molar-refractivity contribution is 5.89. The molecule has 121 heavy (non-hydrogen) atoms. The van der Waals surface area contributed by atoms with E-state index in [-0.39, 0.29) is 0 Å². The van der Waals surface area contributed by atoms with Crippen LogP contribution in [0.25, 0.3) is 100 Å². The molecule has 0 aliphatic heterocycles. The van der Waals surface area contributed by atoms with Crippen LogP contribution in [0, 0.1) is 20.8 Å². The summed E-state index contributed by atoms with van der Waals surface area (Å²) in [6, 6.07) is 177.